The Hall–Kier alpha value is -1.89. The number of aromatic nitrogens is 2. The minimum atomic E-state index is -0.0425. The molecule has 7 heteroatoms. The number of nitrogens with one attached hydrogen (secondary N) is 1. The highest BCUT2D eigenvalue weighted by molar-refractivity contribution is 7.20. The SMILES string of the molecule is Cc1nn(Cc2ccc(Cl)cc2)c2sc(C(=O)NCC3CCCO3)cc12. The lowest BCUT2D eigenvalue weighted by Gasteiger charge is -2.09. The zero-order chi connectivity index (χ0) is 18.1. The van der Waals surface area contributed by atoms with Crippen LogP contribution in [0.25, 0.3) is 10.2 Å². The van der Waals surface area contributed by atoms with Crippen molar-refractivity contribution in [3.63, 3.8) is 0 Å². The molecule has 1 saturated heterocycles. The van der Waals surface area contributed by atoms with Crippen molar-refractivity contribution < 1.29 is 9.53 Å². The minimum absolute atomic E-state index is 0.0425. The van der Waals surface area contributed by atoms with E-state index >= 15 is 0 Å². The van der Waals surface area contributed by atoms with Gasteiger partial charge in [0.05, 0.1) is 23.2 Å². The summed E-state index contributed by atoms with van der Waals surface area (Å²) in [6.45, 7) is 3.99. The van der Waals surface area contributed by atoms with Crippen LogP contribution in [0.15, 0.2) is 30.3 Å². The van der Waals surface area contributed by atoms with Gasteiger partial charge in [0.2, 0.25) is 0 Å². The molecular formula is C19H20ClN3O2S. The molecule has 1 atom stereocenters. The molecule has 136 valence electrons. The predicted molar refractivity (Wildman–Crippen MR) is 104 cm³/mol. The first-order valence-electron chi connectivity index (χ1n) is 8.71. The van der Waals surface area contributed by atoms with Crippen LogP contribution < -0.4 is 5.32 Å². The molecular weight excluding hydrogens is 370 g/mol. The standard InChI is InChI=1S/C19H20ClN3O2S/c1-12-16-9-17(18(24)21-10-15-3-2-8-25-15)26-19(16)23(22-12)11-13-4-6-14(20)7-5-13/h4-7,9,15H,2-3,8,10-11H2,1H3,(H,21,24). The molecule has 0 spiro atoms. The van der Waals surface area contributed by atoms with Gasteiger partial charge in [-0.15, -0.1) is 11.3 Å². The third kappa shape index (κ3) is 3.63. The van der Waals surface area contributed by atoms with Gasteiger partial charge in [-0.2, -0.15) is 5.10 Å². The van der Waals surface area contributed by atoms with Gasteiger partial charge in [0, 0.05) is 23.6 Å². The van der Waals surface area contributed by atoms with Gasteiger partial charge >= 0.3 is 0 Å². The van der Waals surface area contributed by atoms with E-state index in [-0.39, 0.29) is 12.0 Å². The lowest BCUT2D eigenvalue weighted by molar-refractivity contribution is 0.0861. The van der Waals surface area contributed by atoms with Crippen molar-refractivity contribution in [1.29, 1.82) is 0 Å². The third-order valence-corrected chi connectivity index (χ3v) is 5.99. The average Bonchev–Trinajstić information content (AvgIpc) is 3.35. The predicted octanol–water partition coefficient (Wildman–Crippen LogP) is 4.02. The molecule has 3 heterocycles. The molecule has 4 rings (SSSR count). The van der Waals surface area contributed by atoms with Gasteiger partial charge in [0.25, 0.3) is 5.91 Å². The Morgan fingerprint density at radius 1 is 1.42 bits per heavy atom. The van der Waals surface area contributed by atoms with Crippen LogP contribution in [-0.2, 0) is 11.3 Å². The van der Waals surface area contributed by atoms with Crippen molar-refractivity contribution in [1.82, 2.24) is 15.1 Å². The van der Waals surface area contributed by atoms with Crippen molar-refractivity contribution in [2.75, 3.05) is 13.2 Å². The highest BCUT2D eigenvalue weighted by Crippen LogP contribution is 2.29. The number of hydrogen-bond donors (Lipinski definition) is 1. The molecule has 1 unspecified atom stereocenters. The number of benzene rings is 1. The van der Waals surface area contributed by atoms with E-state index < -0.39 is 0 Å². The number of nitrogens with zero attached hydrogens (tertiary/aromatic N) is 2. The number of aryl methyl sites for hydroxylation is 1. The van der Waals surface area contributed by atoms with Crippen molar-refractivity contribution >= 4 is 39.1 Å². The molecule has 1 aliphatic heterocycles. The number of fused-ring (bicyclic) bond motifs is 1. The van der Waals surface area contributed by atoms with E-state index in [1.165, 1.54) is 11.3 Å². The maximum atomic E-state index is 12.5. The van der Waals surface area contributed by atoms with Crippen LogP contribution in [0.5, 0.6) is 0 Å². The van der Waals surface area contributed by atoms with Gasteiger partial charge in [-0.05, 0) is 43.5 Å². The van der Waals surface area contributed by atoms with Crippen molar-refractivity contribution in [3.8, 4) is 0 Å². The van der Waals surface area contributed by atoms with Crippen LogP contribution in [-0.4, -0.2) is 34.9 Å². The summed E-state index contributed by atoms with van der Waals surface area (Å²) in [4.78, 5) is 14.2. The summed E-state index contributed by atoms with van der Waals surface area (Å²) in [7, 11) is 0. The summed E-state index contributed by atoms with van der Waals surface area (Å²) >= 11 is 7.43. The van der Waals surface area contributed by atoms with E-state index in [0.717, 1.165) is 45.9 Å². The summed E-state index contributed by atoms with van der Waals surface area (Å²) < 4.78 is 7.52. The van der Waals surface area contributed by atoms with Gasteiger partial charge in [-0.25, -0.2) is 0 Å². The Balaban J connectivity index is 1.52. The summed E-state index contributed by atoms with van der Waals surface area (Å²) in [6, 6.07) is 9.68. The summed E-state index contributed by atoms with van der Waals surface area (Å²) in [5.41, 5.74) is 2.06. The molecule has 26 heavy (non-hydrogen) atoms. The number of amides is 1. The number of ether oxygens (including phenoxy) is 1. The first kappa shape index (κ1) is 17.5. The van der Waals surface area contributed by atoms with Crippen LogP contribution in [0.3, 0.4) is 0 Å². The smallest absolute Gasteiger partial charge is 0.261 e. The molecule has 2 aromatic heterocycles. The van der Waals surface area contributed by atoms with E-state index in [0.29, 0.717) is 18.0 Å². The van der Waals surface area contributed by atoms with Crippen LogP contribution in [0.1, 0.15) is 33.8 Å². The number of hydrogen-bond acceptors (Lipinski definition) is 4. The molecule has 1 amide bonds. The van der Waals surface area contributed by atoms with Crippen LogP contribution in [0, 0.1) is 6.92 Å². The van der Waals surface area contributed by atoms with Gasteiger partial charge in [0.15, 0.2) is 0 Å². The van der Waals surface area contributed by atoms with Crippen LogP contribution >= 0.6 is 22.9 Å². The largest absolute Gasteiger partial charge is 0.376 e. The molecule has 0 saturated carbocycles. The van der Waals surface area contributed by atoms with E-state index in [9.17, 15) is 4.79 Å². The Morgan fingerprint density at radius 2 is 2.23 bits per heavy atom. The quantitative estimate of drug-likeness (QED) is 0.717. The summed E-state index contributed by atoms with van der Waals surface area (Å²) in [5.74, 6) is -0.0425. The number of thiophene rings is 1. The highest BCUT2D eigenvalue weighted by atomic mass is 35.5. The van der Waals surface area contributed by atoms with Crippen molar-refractivity contribution in [2.45, 2.75) is 32.4 Å². The first-order chi connectivity index (χ1) is 12.6. The zero-order valence-corrected chi connectivity index (χ0v) is 16.1. The van der Waals surface area contributed by atoms with Gasteiger partial charge in [-0.1, -0.05) is 23.7 Å². The number of carbonyl (C=O) groups excluding carboxylic acids is 1. The Labute approximate surface area is 160 Å². The molecule has 0 aliphatic carbocycles. The minimum Gasteiger partial charge on any atom is -0.376 e. The fourth-order valence-corrected chi connectivity index (χ4v) is 4.40. The Bertz CT molecular complexity index is 926. The average molecular weight is 390 g/mol. The summed E-state index contributed by atoms with van der Waals surface area (Å²) in [6.07, 6.45) is 2.24. The number of rotatable bonds is 5. The maximum Gasteiger partial charge on any atom is 0.261 e. The molecule has 1 aliphatic rings. The Kier molecular flexibility index (Phi) is 4.98. The normalized spacial score (nSPS) is 17.1. The molecule has 3 aromatic rings. The zero-order valence-electron chi connectivity index (χ0n) is 14.5. The van der Waals surface area contributed by atoms with Crippen molar-refractivity contribution in [3.05, 3.63) is 51.5 Å². The lowest BCUT2D eigenvalue weighted by atomic mass is 10.2. The van der Waals surface area contributed by atoms with Gasteiger partial charge in [0.1, 0.15) is 4.83 Å². The van der Waals surface area contributed by atoms with E-state index in [1.807, 2.05) is 41.9 Å². The second-order valence-corrected chi connectivity index (χ2v) is 8.01. The topological polar surface area (TPSA) is 56.2 Å². The van der Waals surface area contributed by atoms with Crippen LogP contribution in [0.4, 0.5) is 0 Å². The first-order valence-corrected chi connectivity index (χ1v) is 9.91. The molecule has 0 radical (unpaired) electrons. The lowest BCUT2D eigenvalue weighted by Crippen LogP contribution is -2.31. The van der Waals surface area contributed by atoms with Crippen LogP contribution in [0.2, 0.25) is 5.02 Å². The molecule has 5 nitrogen and oxygen atoms in total. The summed E-state index contributed by atoms with van der Waals surface area (Å²) in [5, 5.41) is 9.36. The monoisotopic (exact) mass is 389 g/mol. The van der Waals surface area contributed by atoms with E-state index in [1.54, 1.807) is 0 Å². The highest BCUT2D eigenvalue weighted by Gasteiger charge is 2.19. The molecule has 1 fully saturated rings. The van der Waals surface area contributed by atoms with E-state index in [2.05, 4.69) is 10.4 Å². The van der Waals surface area contributed by atoms with Gasteiger partial charge in [-0.3, -0.25) is 9.48 Å². The third-order valence-electron chi connectivity index (χ3n) is 4.59. The number of halogens is 1. The maximum absolute atomic E-state index is 12.5. The fourth-order valence-electron chi connectivity index (χ4n) is 3.19. The Morgan fingerprint density at radius 3 is 2.96 bits per heavy atom. The number of carbonyl (C=O) groups is 1. The van der Waals surface area contributed by atoms with E-state index in [4.69, 9.17) is 16.3 Å². The second-order valence-electron chi connectivity index (χ2n) is 6.54. The molecule has 0 bridgehead atoms. The molecule has 1 N–H and O–H groups in total. The van der Waals surface area contributed by atoms with Crippen molar-refractivity contribution in [2.24, 2.45) is 0 Å². The van der Waals surface area contributed by atoms with Gasteiger partial charge < -0.3 is 10.1 Å². The molecule has 1 aromatic carbocycles. The second kappa shape index (κ2) is 7.39. The fraction of sp³-hybridized carbons (Fsp3) is 0.368.